The summed E-state index contributed by atoms with van der Waals surface area (Å²) in [6.07, 6.45) is 2.35. The second-order valence-electron chi connectivity index (χ2n) is 9.08. The van der Waals surface area contributed by atoms with Gasteiger partial charge in [0.05, 0.1) is 4.90 Å². The van der Waals surface area contributed by atoms with E-state index in [4.69, 9.17) is 5.14 Å². The highest BCUT2D eigenvalue weighted by Gasteiger charge is 2.26. The molecule has 1 amide bonds. The van der Waals surface area contributed by atoms with Crippen LogP contribution in [0.15, 0.2) is 41.3 Å². The number of aromatic amines is 1. The minimum absolute atomic E-state index is 0.104. The number of hydrogen-bond acceptors (Lipinski definition) is 9. The van der Waals surface area contributed by atoms with Gasteiger partial charge in [-0.2, -0.15) is 10.1 Å². The van der Waals surface area contributed by atoms with Gasteiger partial charge in [-0.3, -0.25) is 14.8 Å². The lowest BCUT2D eigenvalue weighted by atomic mass is 10.2. The number of aromatic nitrogens is 4. The molecule has 1 saturated heterocycles. The Morgan fingerprint density at radius 2 is 1.81 bits per heavy atom. The molecule has 2 aromatic heterocycles. The number of benzene rings is 1. The summed E-state index contributed by atoms with van der Waals surface area (Å²) in [5, 5.41) is 18.4. The molecule has 1 saturated carbocycles. The number of nitrogens with two attached hydrogens (primary N) is 1. The highest BCUT2D eigenvalue weighted by Crippen LogP contribution is 2.39. The zero-order valence-corrected chi connectivity index (χ0v) is 20.8. The summed E-state index contributed by atoms with van der Waals surface area (Å²) in [6, 6.07) is 10.2. The molecule has 0 unspecified atom stereocenters. The van der Waals surface area contributed by atoms with Crippen molar-refractivity contribution in [1.29, 1.82) is 0 Å². The quantitative estimate of drug-likeness (QED) is 0.347. The molecule has 13 heteroatoms. The van der Waals surface area contributed by atoms with Crippen molar-refractivity contribution >= 4 is 33.5 Å². The number of nitrogens with one attached hydrogen (secondary N) is 3. The molecule has 2 fully saturated rings. The number of nitrogens with zero attached hydrogens (tertiary/aromatic N) is 5. The Morgan fingerprint density at radius 3 is 2.44 bits per heavy atom. The van der Waals surface area contributed by atoms with Gasteiger partial charge < -0.3 is 15.5 Å². The number of rotatable bonds is 8. The van der Waals surface area contributed by atoms with Crippen LogP contribution >= 0.6 is 0 Å². The third-order valence-corrected chi connectivity index (χ3v) is 7.29. The summed E-state index contributed by atoms with van der Waals surface area (Å²) in [4.78, 5) is 26.0. The predicted octanol–water partition coefficient (Wildman–Crippen LogP) is 1.15. The molecule has 190 valence electrons. The first kappa shape index (κ1) is 24.2. The molecule has 36 heavy (non-hydrogen) atoms. The smallest absolute Gasteiger partial charge is 0.269 e. The minimum atomic E-state index is -3.70. The first-order chi connectivity index (χ1) is 17.3. The number of hydrogen-bond donors (Lipinski definition) is 4. The van der Waals surface area contributed by atoms with E-state index in [0.29, 0.717) is 43.1 Å². The van der Waals surface area contributed by atoms with Crippen molar-refractivity contribution in [3.63, 3.8) is 0 Å². The largest absolute Gasteiger partial charge is 0.354 e. The van der Waals surface area contributed by atoms with E-state index in [1.165, 1.54) is 25.0 Å². The van der Waals surface area contributed by atoms with Crippen LogP contribution in [0.2, 0.25) is 0 Å². The molecule has 5 N–H and O–H groups in total. The monoisotopic (exact) mass is 511 g/mol. The number of carbonyl (C=O) groups is 1. The molecule has 5 rings (SSSR count). The van der Waals surface area contributed by atoms with E-state index in [9.17, 15) is 13.2 Å². The SMILES string of the molecule is CNC(=O)c1cc(Nc2cc(C3CC3)[nH]n2)nc(N2CCN(Cc3ccc(S(N)(=O)=O)cc3)CC2)n1. The Hall–Kier alpha value is -3.55. The second-order valence-corrected chi connectivity index (χ2v) is 10.6. The van der Waals surface area contributed by atoms with Gasteiger partial charge in [-0.1, -0.05) is 12.1 Å². The van der Waals surface area contributed by atoms with Crippen LogP contribution in [0.4, 0.5) is 17.6 Å². The van der Waals surface area contributed by atoms with Gasteiger partial charge in [0.2, 0.25) is 16.0 Å². The van der Waals surface area contributed by atoms with Crippen LogP contribution in [0.3, 0.4) is 0 Å². The van der Waals surface area contributed by atoms with Crippen LogP contribution in [0, 0.1) is 0 Å². The maximum Gasteiger partial charge on any atom is 0.269 e. The molecule has 1 aromatic carbocycles. The lowest BCUT2D eigenvalue weighted by Gasteiger charge is -2.35. The molecule has 3 aromatic rings. The van der Waals surface area contributed by atoms with Gasteiger partial charge in [0, 0.05) is 63.5 Å². The minimum Gasteiger partial charge on any atom is -0.354 e. The van der Waals surface area contributed by atoms with E-state index in [-0.39, 0.29) is 16.5 Å². The number of primary sulfonamides is 1. The lowest BCUT2D eigenvalue weighted by Crippen LogP contribution is -2.46. The van der Waals surface area contributed by atoms with Crippen molar-refractivity contribution in [2.45, 2.75) is 30.2 Å². The van der Waals surface area contributed by atoms with E-state index in [2.05, 4.69) is 40.6 Å². The summed E-state index contributed by atoms with van der Waals surface area (Å²) >= 11 is 0. The van der Waals surface area contributed by atoms with Crippen LogP contribution in [-0.4, -0.2) is 72.6 Å². The van der Waals surface area contributed by atoms with Crippen LogP contribution in [0.1, 0.15) is 40.5 Å². The fourth-order valence-electron chi connectivity index (χ4n) is 4.17. The van der Waals surface area contributed by atoms with E-state index >= 15 is 0 Å². The Balaban J connectivity index is 1.26. The third kappa shape index (κ3) is 5.64. The molecule has 12 nitrogen and oxygen atoms in total. The number of carbonyl (C=O) groups excluding carboxylic acids is 1. The van der Waals surface area contributed by atoms with Gasteiger partial charge in [-0.25, -0.2) is 18.5 Å². The lowest BCUT2D eigenvalue weighted by molar-refractivity contribution is 0.0958. The maximum absolute atomic E-state index is 12.4. The van der Waals surface area contributed by atoms with E-state index < -0.39 is 10.0 Å². The number of H-pyrrole nitrogens is 1. The molecule has 0 spiro atoms. The average Bonchev–Trinajstić information content (AvgIpc) is 3.62. The number of anilines is 3. The standard InChI is InChI=1S/C23H29N9O3S/c1-25-22(33)19-13-20(27-21-12-18(29-30-21)16-4-5-16)28-23(26-19)32-10-8-31(9-11-32)14-15-2-6-17(7-3-15)36(24,34)35/h2-3,6-7,12-13,16H,4-5,8-11,14H2,1H3,(H,25,33)(H2,24,34,35)(H2,26,27,28,29,30). The molecule has 2 aliphatic rings. The Labute approximate surface area is 209 Å². The summed E-state index contributed by atoms with van der Waals surface area (Å²) in [5.41, 5.74) is 2.39. The van der Waals surface area contributed by atoms with Crippen molar-refractivity contribution in [3.05, 3.63) is 53.3 Å². The molecule has 3 heterocycles. The molecule has 1 aliphatic carbocycles. The van der Waals surface area contributed by atoms with Gasteiger partial charge in [0.15, 0.2) is 5.82 Å². The molecule has 1 aliphatic heterocycles. The molecular formula is C23H29N9O3S. The van der Waals surface area contributed by atoms with Gasteiger partial charge in [-0.05, 0) is 30.5 Å². The summed E-state index contributed by atoms with van der Waals surface area (Å²) < 4.78 is 22.9. The summed E-state index contributed by atoms with van der Waals surface area (Å²) in [7, 11) is -2.13. The Morgan fingerprint density at radius 1 is 1.08 bits per heavy atom. The van der Waals surface area contributed by atoms with Crippen LogP contribution in [-0.2, 0) is 16.6 Å². The van der Waals surface area contributed by atoms with Gasteiger partial charge in [0.1, 0.15) is 11.5 Å². The summed E-state index contributed by atoms with van der Waals surface area (Å²) in [6.45, 7) is 3.57. The van der Waals surface area contributed by atoms with Crippen molar-refractivity contribution in [3.8, 4) is 0 Å². The Kier molecular flexibility index (Phi) is 6.60. The number of amides is 1. The van der Waals surface area contributed by atoms with Gasteiger partial charge >= 0.3 is 0 Å². The topological polar surface area (TPSA) is 162 Å². The van der Waals surface area contributed by atoms with Crippen LogP contribution < -0.4 is 20.7 Å². The molecule has 0 atom stereocenters. The van der Waals surface area contributed by atoms with Crippen molar-refractivity contribution < 1.29 is 13.2 Å². The van der Waals surface area contributed by atoms with Crippen molar-refractivity contribution in [2.75, 3.05) is 43.4 Å². The zero-order valence-electron chi connectivity index (χ0n) is 19.9. The van der Waals surface area contributed by atoms with Gasteiger partial charge in [0.25, 0.3) is 5.91 Å². The van der Waals surface area contributed by atoms with Gasteiger partial charge in [-0.15, -0.1) is 0 Å². The fraction of sp³-hybridized carbons (Fsp3) is 0.391. The van der Waals surface area contributed by atoms with Crippen LogP contribution in [0.25, 0.3) is 0 Å². The first-order valence-electron chi connectivity index (χ1n) is 11.8. The number of piperazine rings is 1. The average molecular weight is 512 g/mol. The van der Waals surface area contributed by atoms with Crippen LogP contribution in [0.5, 0.6) is 0 Å². The normalized spacial score (nSPS) is 16.7. The summed E-state index contributed by atoms with van der Waals surface area (Å²) in [5.74, 6) is 1.91. The zero-order chi connectivity index (χ0) is 25.3. The van der Waals surface area contributed by atoms with E-state index in [1.54, 1.807) is 25.2 Å². The number of sulfonamides is 1. The fourth-order valence-corrected chi connectivity index (χ4v) is 4.68. The molecular weight excluding hydrogens is 482 g/mol. The molecule has 0 bridgehead atoms. The maximum atomic E-state index is 12.4. The van der Waals surface area contributed by atoms with E-state index in [0.717, 1.165) is 24.3 Å². The Bertz CT molecular complexity index is 1350. The second kappa shape index (κ2) is 9.84. The highest BCUT2D eigenvalue weighted by molar-refractivity contribution is 7.89. The van der Waals surface area contributed by atoms with Crippen molar-refractivity contribution in [1.82, 2.24) is 30.4 Å². The highest BCUT2D eigenvalue weighted by atomic mass is 32.2. The van der Waals surface area contributed by atoms with E-state index in [1.807, 2.05) is 6.07 Å². The predicted molar refractivity (Wildman–Crippen MR) is 135 cm³/mol. The third-order valence-electron chi connectivity index (χ3n) is 6.36. The molecule has 0 radical (unpaired) electrons. The first-order valence-corrected chi connectivity index (χ1v) is 13.4. The van der Waals surface area contributed by atoms with Crippen molar-refractivity contribution in [2.24, 2.45) is 5.14 Å².